The molecule has 0 aromatic rings. The van der Waals surface area contributed by atoms with Crippen LogP contribution in [-0.4, -0.2) is 17.5 Å². The summed E-state index contributed by atoms with van der Waals surface area (Å²) in [7, 11) is 0. The van der Waals surface area contributed by atoms with E-state index in [1.165, 1.54) is 0 Å². The molecule has 0 aromatic carbocycles. The van der Waals surface area contributed by atoms with Gasteiger partial charge in [0.25, 0.3) is 0 Å². The Kier molecular flexibility index (Phi) is 5.27. The molecule has 0 rings (SSSR count). The molecule has 0 N–H and O–H groups in total. The molecule has 0 fully saturated rings. The van der Waals surface area contributed by atoms with E-state index in [2.05, 4.69) is 27.0 Å². The van der Waals surface area contributed by atoms with Crippen LogP contribution in [0.3, 0.4) is 0 Å². The molecule has 0 aromatic heterocycles. The Labute approximate surface area is 80.8 Å². The van der Waals surface area contributed by atoms with Gasteiger partial charge in [-0.05, 0) is 23.6 Å². The first-order valence-corrected chi connectivity index (χ1v) is 4.48. The van der Waals surface area contributed by atoms with Crippen molar-refractivity contribution in [1.82, 2.24) is 4.42 Å². The van der Waals surface area contributed by atoms with Gasteiger partial charge in [0.1, 0.15) is 0 Å². The van der Waals surface area contributed by atoms with Crippen molar-refractivity contribution < 1.29 is 0 Å². The summed E-state index contributed by atoms with van der Waals surface area (Å²) in [6, 6.07) is 0. The number of hydrogen-bond acceptors (Lipinski definition) is 1. The number of halogens is 1. The lowest BCUT2D eigenvalue weighted by atomic mass is 9.89. The van der Waals surface area contributed by atoms with E-state index in [9.17, 15) is 0 Å². The molecule has 12 heavy (non-hydrogen) atoms. The second-order valence-electron chi connectivity index (χ2n) is 3.75. The number of nitrogens with zero attached hydrogens (tertiary/aromatic N) is 1. The fourth-order valence-electron chi connectivity index (χ4n) is 1.12. The molecule has 0 radical (unpaired) electrons. The first kappa shape index (κ1) is 11.7. The normalized spacial score (nSPS) is 11.7. The smallest absolute Gasteiger partial charge is 0.0317 e. The number of hydrogen-bond donors (Lipinski definition) is 0. The van der Waals surface area contributed by atoms with Gasteiger partial charge < -0.3 is 0 Å². The minimum Gasteiger partial charge on any atom is -0.216 e. The average Bonchev–Trinajstić information content (AvgIpc) is 1.85. The Morgan fingerprint density at radius 1 is 1.33 bits per heavy atom. The largest absolute Gasteiger partial charge is 0.216 e. The van der Waals surface area contributed by atoms with Crippen LogP contribution in [0.15, 0.2) is 25.3 Å². The fourth-order valence-corrected chi connectivity index (χ4v) is 1.55. The third kappa shape index (κ3) is 5.39. The van der Waals surface area contributed by atoms with E-state index in [-0.39, 0.29) is 5.41 Å². The first-order chi connectivity index (χ1) is 5.52. The van der Waals surface area contributed by atoms with Gasteiger partial charge in [-0.3, -0.25) is 0 Å². The van der Waals surface area contributed by atoms with Crippen LogP contribution in [0.2, 0.25) is 0 Å². The predicted molar refractivity (Wildman–Crippen MR) is 56.2 cm³/mol. The summed E-state index contributed by atoms with van der Waals surface area (Å²) in [5.41, 5.74) is 0.201. The highest BCUT2D eigenvalue weighted by Gasteiger charge is 2.18. The van der Waals surface area contributed by atoms with Crippen molar-refractivity contribution in [2.45, 2.75) is 20.3 Å². The Hall–Kier alpha value is -0.270. The first-order valence-electron chi connectivity index (χ1n) is 4.14. The van der Waals surface area contributed by atoms with Gasteiger partial charge in [-0.1, -0.05) is 26.0 Å². The zero-order valence-electron chi connectivity index (χ0n) is 8.02. The molecule has 0 amide bonds. The highest BCUT2D eigenvalue weighted by molar-refractivity contribution is 6.13. The summed E-state index contributed by atoms with van der Waals surface area (Å²) in [6.45, 7) is 13.3. The quantitative estimate of drug-likeness (QED) is 0.456. The Bertz CT molecular complexity index is 152. The molecular weight excluding hydrogens is 170 g/mol. The number of rotatable bonds is 6. The molecule has 0 bridgehead atoms. The van der Waals surface area contributed by atoms with Gasteiger partial charge in [0.05, 0.1) is 0 Å². The van der Waals surface area contributed by atoms with E-state index in [0.29, 0.717) is 0 Å². The van der Waals surface area contributed by atoms with E-state index in [4.69, 9.17) is 11.8 Å². The van der Waals surface area contributed by atoms with Crippen molar-refractivity contribution in [2.75, 3.05) is 13.1 Å². The maximum absolute atomic E-state index is 5.93. The Morgan fingerprint density at radius 2 is 1.92 bits per heavy atom. The Morgan fingerprint density at radius 3 is 2.33 bits per heavy atom. The van der Waals surface area contributed by atoms with Gasteiger partial charge in [-0.2, -0.15) is 0 Å². The van der Waals surface area contributed by atoms with E-state index in [0.717, 1.165) is 19.5 Å². The fraction of sp³-hybridized carbons (Fsp3) is 0.600. The maximum Gasteiger partial charge on any atom is 0.0317 e. The van der Waals surface area contributed by atoms with Crippen molar-refractivity contribution >= 4 is 11.8 Å². The average molecular weight is 188 g/mol. The molecule has 0 aliphatic rings. The van der Waals surface area contributed by atoms with Crippen LogP contribution in [0.4, 0.5) is 0 Å². The minimum absolute atomic E-state index is 0.201. The second kappa shape index (κ2) is 5.39. The van der Waals surface area contributed by atoms with Crippen LogP contribution in [0.1, 0.15) is 20.3 Å². The molecule has 70 valence electrons. The van der Waals surface area contributed by atoms with Crippen molar-refractivity contribution in [3.63, 3.8) is 0 Å². The highest BCUT2D eigenvalue weighted by Crippen LogP contribution is 2.22. The van der Waals surface area contributed by atoms with Crippen LogP contribution in [0, 0.1) is 5.41 Å². The predicted octanol–water partition coefficient (Wildman–Crippen LogP) is 3.23. The molecule has 0 aliphatic carbocycles. The van der Waals surface area contributed by atoms with Crippen molar-refractivity contribution in [3.8, 4) is 0 Å². The maximum atomic E-state index is 5.93. The summed E-state index contributed by atoms with van der Waals surface area (Å²) in [4.78, 5) is 0. The van der Waals surface area contributed by atoms with Crippen LogP contribution in [0.5, 0.6) is 0 Å². The Balaban J connectivity index is 3.85. The van der Waals surface area contributed by atoms with Crippen LogP contribution in [-0.2, 0) is 0 Å². The summed E-state index contributed by atoms with van der Waals surface area (Å²) in [5, 5.41) is 0. The molecule has 0 atom stereocenters. The SMILES string of the molecule is C=CCN(Cl)CC(C)(C)CC=C. The summed E-state index contributed by atoms with van der Waals surface area (Å²) < 4.78 is 1.75. The highest BCUT2D eigenvalue weighted by atomic mass is 35.5. The molecule has 0 aliphatic heterocycles. The van der Waals surface area contributed by atoms with E-state index >= 15 is 0 Å². The van der Waals surface area contributed by atoms with Gasteiger partial charge in [0.2, 0.25) is 0 Å². The molecule has 2 heteroatoms. The van der Waals surface area contributed by atoms with Crippen molar-refractivity contribution in [1.29, 1.82) is 0 Å². The van der Waals surface area contributed by atoms with Gasteiger partial charge in [-0.15, -0.1) is 13.2 Å². The molecular formula is C10H18ClN. The standard InChI is InChI=1S/C10H18ClN/c1-5-7-10(3,4)9-12(11)8-6-2/h5-6H,1-2,7-9H2,3-4H3. The molecule has 0 heterocycles. The summed E-state index contributed by atoms with van der Waals surface area (Å²) in [6.07, 6.45) is 4.71. The molecule has 0 unspecified atom stereocenters. The lowest BCUT2D eigenvalue weighted by Gasteiger charge is -2.26. The lowest BCUT2D eigenvalue weighted by molar-refractivity contribution is 0.282. The monoisotopic (exact) mass is 187 g/mol. The van der Waals surface area contributed by atoms with Gasteiger partial charge in [0, 0.05) is 13.1 Å². The summed E-state index contributed by atoms with van der Waals surface area (Å²) >= 11 is 5.93. The van der Waals surface area contributed by atoms with Gasteiger partial charge >= 0.3 is 0 Å². The van der Waals surface area contributed by atoms with Crippen molar-refractivity contribution in [2.24, 2.45) is 5.41 Å². The van der Waals surface area contributed by atoms with Crippen molar-refractivity contribution in [3.05, 3.63) is 25.3 Å². The zero-order chi connectivity index (χ0) is 9.61. The van der Waals surface area contributed by atoms with Crippen LogP contribution < -0.4 is 0 Å². The van der Waals surface area contributed by atoms with E-state index in [1.807, 2.05) is 6.08 Å². The minimum atomic E-state index is 0.201. The number of allylic oxidation sites excluding steroid dienone is 1. The van der Waals surface area contributed by atoms with Gasteiger partial charge in [0.15, 0.2) is 0 Å². The second-order valence-corrected chi connectivity index (χ2v) is 4.23. The van der Waals surface area contributed by atoms with Crippen LogP contribution in [0.25, 0.3) is 0 Å². The summed E-state index contributed by atoms with van der Waals surface area (Å²) in [5.74, 6) is 0. The van der Waals surface area contributed by atoms with E-state index < -0.39 is 0 Å². The topological polar surface area (TPSA) is 3.24 Å². The third-order valence-corrected chi connectivity index (χ3v) is 1.88. The van der Waals surface area contributed by atoms with Crippen LogP contribution >= 0.6 is 11.8 Å². The molecule has 1 nitrogen and oxygen atoms in total. The third-order valence-electron chi connectivity index (χ3n) is 1.62. The van der Waals surface area contributed by atoms with Gasteiger partial charge in [-0.25, -0.2) is 4.42 Å². The lowest BCUT2D eigenvalue weighted by Crippen LogP contribution is -2.27. The molecule has 0 spiro atoms. The zero-order valence-corrected chi connectivity index (χ0v) is 8.77. The molecule has 0 saturated carbocycles. The van der Waals surface area contributed by atoms with E-state index in [1.54, 1.807) is 10.5 Å². The molecule has 0 saturated heterocycles.